The number of allylic oxidation sites excluding steroid dienone is 4. The van der Waals surface area contributed by atoms with E-state index in [-0.39, 0.29) is 0 Å². The van der Waals surface area contributed by atoms with E-state index >= 15 is 0 Å². The van der Waals surface area contributed by atoms with Crippen molar-refractivity contribution in [3.8, 4) is 0 Å². The second kappa shape index (κ2) is 10.4. The zero-order valence-corrected chi connectivity index (χ0v) is 17.0. The molecule has 2 N–H and O–H groups in total. The molecule has 0 spiro atoms. The molecule has 1 aromatic rings. The summed E-state index contributed by atoms with van der Waals surface area (Å²) >= 11 is 0. The first-order valence-corrected chi connectivity index (χ1v) is 10.4. The maximum absolute atomic E-state index is 6.10. The molecule has 1 saturated carbocycles. The summed E-state index contributed by atoms with van der Waals surface area (Å²) in [4.78, 5) is 0. The van der Waals surface area contributed by atoms with Gasteiger partial charge in [0.15, 0.2) is 0 Å². The Bertz CT molecular complexity index is 608. The zero-order valence-electron chi connectivity index (χ0n) is 17.0. The van der Waals surface area contributed by atoms with Crippen molar-refractivity contribution in [2.24, 2.45) is 17.6 Å². The van der Waals surface area contributed by atoms with Gasteiger partial charge >= 0.3 is 0 Å². The number of benzene rings is 1. The topological polar surface area (TPSA) is 26.0 Å². The summed E-state index contributed by atoms with van der Waals surface area (Å²) in [5.41, 5.74) is 10.9. The van der Waals surface area contributed by atoms with Gasteiger partial charge in [0, 0.05) is 5.70 Å². The first-order valence-electron chi connectivity index (χ1n) is 10.4. The van der Waals surface area contributed by atoms with Gasteiger partial charge < -0.3 is 5.73 Å². The molecule has 0 unspecified atom stereocenters. The van der Waals surface area contributed by atoms with Gasteiger partial charge in [-0.25, -0.2) is 0 Å². The standard InChI is InChI=1S/C25H37N/c1-5-8-19(4)25(26)18-11-20-9-12-23(13-10-20)24-16-14-22(15-17-24)21(6-2)7-3/h5,8-10,12-13,18,21-22,24H,1,6-7,11,14-17,26H2,2-4H3/b19-8-,25-18+. The third kappa shape index (κ3) is 5.62. The predicted molar refractivity (Wildman–Crippen MR) is 115 cm³/mol. The van der Waals surface area contributed by atoms with Crippen molar-refractivity contribution >= 4 is 0 Å². The number of hydrogen-bond donors (Lipinski definition) is 1. The van der Waals surface area contributed by atoms with Gasteiger partial charge in [-0.1, -0.05) is 75.8 Å². The molecule has 0 bridgehead atoms. The molecule has 1 heteroatoms. The maximum Gasteiger partial charge on any atom is 0.0306 e. The Morgan fingerprint density at radius 3 is 2.27 bits per heavy atom. The molecule has 0 aliphatic heterocycles. The largest absolute Gasteiger partial charge is 0.399 e. The van der Waals surface area contributed by atoms with Crippen LogP contribution in [0.1, 0.15) is 76.3 Å². The monoisotopic (exact) mass is 351 g/mol. The molecular weight excluding hydrogens is 314 g/mol. The number of nitrogens with two attached hydrogens (primary N) is 1. The Balaban J connectivity index is 1.91. The maximum atomic E-state index is 6.10. The van der Waals surface area contributed by atoms with Crippen LogP contribution in [0.25, 0.3) is 0 Å². The van der Waals surface area contributed by atoms with Crippen LogP contribution in [0.5, 0.6) is 0 Å². The minimum Gasteiger partial charge on any atom is -0.399 e. The van der Waals surface area contributed by atoms with Crippen molar-refractivity contribution in [1.82, 2.24) is 0 Å². The Morgan fingerprint density at radius 2 is 1.73 bits per heavy atom. The van der Waals surface area contributed by atoms with Crippen molar-refractivity contribution < 1.29 is 0 Å². The summed E-state index contributed by atoms with van der Waals surface area (Å²) in [5.74, 6) is 2.66. The second-order valence-electron chi connectivity index (χ2n) is 7.88. The summed E-state index contributed by atoms with van der Waals surface area (Å²) in [7, 11) is 0. The molecule has 142 valence electrons. The molecule has 1 fully saturated rings. The predicted octanol–water partition coefficient (Wildman–Crippen LogP) is 6.91. The van der Waals surface area contributed by atoms with E-state index in [1.165, 1.54) is 49.7 Å². The Hall–Kier alpha value is -1.76. The zero-order chi connectivity index (χ0) is 18.9. The van der Waals surface area contributed by atoms with E-state index < -0.39 is 0 Å². The Kier molecular flexibility index (Phi) is 8.22. The quantitative estimate of drug-likeness (QED) is 0.506. The Morgan fingerprint density at radius 1 is 1.12 bits per heavy atom. The van der Waals surface area contributed by atoms with E-state index in [2.05, 4.69) is 50.8 Å². The lowest BCUT2D eigenvalue weighted by molar-refractivity contribution is 0.221. The molecule has 1 aromatic carbocycles. The summed E-state index contributed by atoms with van der Waals surface area (Å²) in [6.45, 7) is 10.5. The lowest BCUT2D eigenvalue weighted by Gasteiger charge is -2.33. The highest BCUT2D eigenvalue weighted by molar-refractivity contribution is 5.32. The van der Waals surface area contributed by atoms with Gasteiger partial charge in [-0.15, -0.1) is 0 Å². The molecule has 1 aliphatic carbocycles. The first kappa shape index (κ1) is 20.6. The molecule has 26 heavy (non-hydrogen) atoms. The van der Waals surface area contributed by atoms with Crippen LogP contribution < -0.4 is 5.73 Å². The SMILES string of the molecule is C=C/C=C(C)\C(N)=C/Cc1ccc(C2CCC(C(CC)CC)CC2)cc1. The van der Waals surface area contributed by atoms with Crippen molar-refractivity contribution in [2.75, 3.05) is 0 Å². The van der Waals surface area contributed by atoms with E-state index in [1.807, 2.05) is 13.0 Å². The highest BCUT2D eigenvalue weighted by Gasteiger charge is 2.26. The Labute approximate surface area is 161 Å². The van der Waals surface area contributed by atoms with Crippen molar-refractivity contribution in [1.29, 1.82) is 0 Å². The molecule has 2 rings (SSSR count). The van der Waals surface area contributed by atoms with Gasteiger partial charge in [0.2, 0.25) is 0 Å². The molecule has 1 aliphatic rings. The van der Waals surface area contributed by atoms with E-state index in [0.717, 1.165) is 35.4 Å². The van der Waals surface area contributed by atoms with Crippen LogP contribution in [-0.2, 0) is 6.42 Å². The van der Waals surface area contributed by atoms with Gasteiger partial charge in [0.25, 0.3) is 0 Å². The van der Waals surface area contributed by atoms with Crippen LogP contribution >= 0.6 is 0 Å². The number of rotatable bonds is 8. The third-order valence-electron chi connectivity index (χ3n) is 6.32. The fraction of sp³-hybridized carbons (Fsp3) is 0.520. The van der Waals surface area contributed by atoms with E-state index in [0.29, 0.717) is 0 Å². The highest BCUT2D eigenvalue weighted by Crippen LogP contribution is 2.40. The van der Waals surface area contributed by atoms with Gasteiger partial charge in [0.1, 0.15) is 0 Å². The molecular formula is C25H37N. The average molecular weight is 352 g/mol. The van der Waals surface area contributed by atoms with E-state index in [9.17, 15) is 0 Å². The minimum atomic E-state index is 0.757. The summed E-state index contributed by atoms with van der Waals surface area (Å²) in [5, 5.41) is 0. The molecule has 0 heterocycles. The van der Waals surface area contributed by atoms with Crippen LogP contribution in [0.4, 0.5) is 0 Å². The van der Waals surface area contributed by atoms with Crippen molar-refractivity contribution in [3.05, 3.63) is 71.5 Å². The van der Waals surface area contributed by atoms with Gasteiger partial charge in [-0.05, 0) is 73.5 Å². The van der Waals surface area contributed by atoms with Crippen molar-refractivity contribution in [2.45, 2.75) is 71.6 Å². The van der Waals surface area contributed by atoms with Gasteiger partial charge in [-0.3, -0.25) is 0 Å². The van der Waals surface area contributed by atoms with Crippen LogP contribution in [0.15, 0.2) is 60.3 Å². The smallest absolute Gasteiger partial charge is 0.0306 e. The van der Waals surface area contributed by atoms with E-state index in [4.69, 9.17) is 5.73 Å². The molecule has 1 nitrogen and oxygen atoms in total. The summed E-state index contributed by atoms with van der Waals surface area (Å²) < 4.78 is 0. The molecule has 0 amide bonds. The van der Waals surface area contributed by atoms with Gasteiger partial charge in [-0.2, -0.15) is 0 Å². The van der Waals surface area contributed by atoms with E-state index in [1.54, 1.807) is 6.08 Å². The lowest BCUT2D eigenvalue weighted by Crippen LogP contribution is -2.20. The van der Waals surface area contributed by atoms with Crippen LogP contribution in [0, 0.1) is 11.8 Å². The second-order valence-corrected chi connectivity index (χ2v) is 7.88. The van der Waals surface area contributed by atoms with Crippen LogP contribution in [-0.4, -0.2) is 0 Å². The van der Waals surface area contributed by atoms with Crippen LogP contribution in [0.2, 0.25) is 0 Å². The minimum absolute atomic E-state index is 0.757. The molecule has 0 atom stereocenters. The van der Waals surface area contributed by atoms with Gasteiger partial charge in [0.05, 0.1) is 0 Å². The molecule has 0 aromatic heterocycles. The van der Waals surface area contributed by atoms with Crippen LogP contribution in [0.3, 0.4) is 0 Å². The van der Waals surface area contributed by atoms with Crippen molar-refractivity contribution in [3.63, 3.8) is 0 Å². The molecule has 0 radical (unpaired) electrons. The summed E-state index contributed by atoms with van der Waals surface area (Å²) in [6.07, 6.45) is 15.0. The highest BCUT2D eigenvalue weighted by atomic mass is 14.6. The fourth-order valence-electron chi connectivity index (χ4n) is 4.47. The lowest BCUT2D eigenvalue weighted by atomic mass is 9.72. The normalized spacial score (nSPS) is 21.8. The number of hydrogen-bond acceptors (Lipinski definition) is 1. The third-order valence-corrected chi connectivity index (χ3v) is 6.32. The molecule has 0 saturated heterocycles. The average Bonchev–Trinajstić information content (AvgIpc) is 2.68. The first-order chi connectivity index (χ1) is 12.6. The summed E-state index contributed by atoms with van der Waals surface area (Å²) in [6, 6.07) is 9.24. The fourth-order valence-corrected chi connectivity index (χ4v) is 4.47.